The fourth-order valence-corrected chi connectivity index (χ4v) is 6.78. The molecule has 0 N–H and O–H groups in total. The summed E-state index contributed by atoms with van der Waals surface area (Å²) in [7, 11) is -2.02. The third kappa shape index (κ3) is 5.01. The summed E-state index contributed by atoms with van der Waals surface area (Å²) in [5, 5.41) is 2.27. The van der Waals surface area contributed by atoms with Gasteiger partial charge >= 0.3 is 0 Å². The van der Waals surface area contributed by atoms with Gasteiger partial charge in [0.15, 0.2) is 0 Å². The van der Waals surface area contributed by atoms with Crippen LogP contribution in [0.5, 0.6) is 5.75 Å². The maximum atomic E-state index is 12.9. The number of carbonyl (C=O) groups excluding carboxylic acids is 1. The van der Waals surface area contributed by atoms with Gasteiger partial charge < -0.3 is 9.64 Å². The third-order valence-corrected chi connectivity index (χ3v) is 8.43. The van der Waals surface area contributed by atoms with Gasteiger partial charge in [0.2, 0.25) is 10.0 Å². The van der Waals surface area contributed by atoms with Gasteiger partial charge in [-0.05, 0) is 35.7 Å². The maximum absolute atomic E-state index is 12.9. The molecule has 1 aromatic heterocycles. The second kappa shape index (κ2) is 9.49. The molecule has 1 saturated heterocycles. The molecule has 6 nitrogen and oxygen atoms in total. The van der Waals surface area contributed by atoms with Crippen LogP contribution in [0.25, 0.3) is 0 Å². The standard InChI is InChI=1S/C18H21ClN2O4S3/c1-20(7-10-25-15-4-2-14(19)3-5-15)18(22)17-16(6-11-27-17)28(23,24)21-8-12-26-13-9-21/h2-6,11H,7-10,12-13H2,1H3. The van der Waals surface area contributed by atoms with Gasteiger partial charge in [-0.25, -0.2) is 8.42 Å². The summed E-state index contributed by atoms with van der Waals surface area (Å²) in [4.78, 5) is 14.6. The summed E-state index contributed by atoms with van der Waals surface area (Å²) in [5.41, 5.74) is 0. The number of thioether (sulfide) groups is 1. The van der Waals surface area contributed by atoms with E-state index in [1.54, 1.807) is 48.5 Å². The maximum Gasteiger partial charge on any atom is 0.265 e. The Morgan fingerprint density at radius 2 is 1.89 bits per heavy atom. The van der Waals surface area contributed by atoms with Crippen LogP contribution >= 0.6 is 34.7 Å². The minimum Gasteiger partial charge on any atom is -0.492 e. The van der Waals surface area contributed by atoms with Crippen molar-refractivity contribution < 1.29 is 17.9 Å². The van der Waals surface area contributed by atoms with Crippen molar-refractivity contribution in [3.05, 3.63) is 45.6 Å². The fourth-order valence-electron chi connectivity index (χ4n) is 2.69. The molecule has 3 rings (SSSR count). The highest BCUT2D eigenvalue weighted by molar-refractivity contribution is 7.99. The van der Waals surface area contributed by atoms with Crippen molar-refractivity contribution in [2.24, 2.45) is 0 Å². The van der Waals surface area contributed by atoms with Crippen molar-refractivity contribution in [2.75, 3.05) is 44.8 Å². The third-order valence-electron chi connectivity index (χ3n) is 4.27. The molecular formula is C18H21ClN2O4S3. The number of hydrogen-bond donors (Lipinski definition) is 0. The molecule has 1 aromatic carbocycles. The van der Waals surface area contributed by atoms with Crippen molar-refractivity contribution in [2.45, 2.75) is 4.90 Å². The van der Waals surface area contributed by atoms with E-state index in [0.29, 0.717) is 37.0 Å². The lowest BCUT2D eigenvalue weighted by atomic mass is 10.3. The normalized spacial score (nSPS) is 15.4. The highest BCUT2D eigenvalue weighted by atomic mass is 35.5. The Morgan fingerprint density at radius 3 is 2.57 bits per heavy atom. The number of nitrogens with zero attached hydrogens (tertiary/aromatic N) is 2. The van der Waals surface area contributed by atoms with E-state index in [1.807, 2.05) is 0 Å². The minimum atomic E-state index is -3.66. The Hall–Kier alpha value is -1.26. The van der Waals surface area contributed by atoms with E-state index < -0.39 is 10.0 Å². The second-order valence-electron chi connectivity index (χ2n) is 6.16. The molecule has 152 valence electrons. The smallest absolute Gasteiger partial charge is 0.265 e. The Bertz CT molecular complexity index is 909. The molecule has 10 heteroatoms. The van der Waals surface area contributed by atoms with Gasteiger partial charge in [-0.2, -0.15) is 16.1 Å². The molecule has 1 fully saturated rings. The molecule has 0 atom stereocenters. The molecule has 1 aliphatic rings. The van der Waals surface area contributed by atoms with Crippen molar-refractivity contribution in [3.8, 4) is 5.75 Å². The number of hydrogen-bond acceptors (Lipinski definition) is 6. The summed E-state index contributed by atoms with van der Waals surface area (Å²) < 4.78 is 33.0. The van der Waals surface area contributed by atoms with Crippen LogP contribution < -0.4 is 4.74 Å². The SMILES string of the molecule is CN(CCOc1ccc(Cl)cc1)C(=O)c1sccc1S(=O)(=O)N1CCSCC1. The van der Waals surface area contributed by atoms with Gasteiger partial charge in [-0.3, -0.25) is 4.79 Å². The first-order valence-electron chi connectivity index (χ1n) is 8.69. The second-order valence-corrected chi connectivity index (χ2v) is 10.6. The summed E-state index contributed by atoms with van der Waals surface area (Å²) >= 11 is 8.73. The highest BCUT2D eigenvalue weighted by Crippen LogP contribution is 2.28. The topological polar surface area (TPSA) is 66.9 Å². The van der Waals surface area contributed by atoms with Gasteiger partial charge in [0, 0.05) is 36.7 Å². The largest absolute Gasteiger partial charge is 0.492 e. The lowest BCUT2D eigenvalue weighted by molar-refractivity contribution is 0.0775. The molecule has 1 amide bonds. The van der Waals surface area contributed by atoms with Crippen molar-refractivity contribution in [3.63, 3.8) is 0 Å². The Balaban J connectivity index is 1.64. The van der Waals surface area contributed by atoms with E-state index in [2.05, 4.69) is 0 Å². The molecule has 0 aliphatic carbocycles. The number of thiophene rings is 1. The summed E-state index contributed by atoms with van der Waals surface area (Å²) in [6.45, 7) is 1.57. The molecule has 0 bridgehead atoms. The van der Waals surface area contributed by atoms with Crippen LogP contribution in [-0.2, 0) is 10.0 Å². The van der Waals surface area contributed by atoms with E-state index in [4.69, 9.17) is 16.3 Å². The van der Waals surface area contributed by atoms with Crippen LogP contribution in [-0.4, -0.2) is 68.3 Å². The predicted molar refractivity (Wildman–Crippen MR) is 114 cm³/mol. The first-order valence-corrected chi connectivity index (χ1v) is 12.5. The van der Waals surface area contributed by atoms with Crippen LogP contribution in [0, 0.1) is 0 Å². The van der Waals surface area contributed by atoms with Crippen LogP contribution in [0.4, 0.5) is 0 Å². The van der Waals surface area contributed by atoms with Crippen molar-refractivity contribution >= 4 is 50.6 Å². The number of likely N-dealkylation sites (N-methyl/N-ethyl adjacent to an activating group) is 1. The van der Waals surface area contributed by atoms with Crippen LogP contribution in [0.1, 0.15) is 9.67 Å². The zero-order chi connectivity index (χ0) is 20.1. The number of ether oxygens (including phenoxy) is 1. The number of carbonyl (C=O) groups is 1. The van der Waals surface area contributed by atoms with Gasteiger partial charge in [0.05, 0.1) is 6.54 Å². The quantitative estimate of drug-likeness (QED) is 0.634. The summed E-state index contributed by atoms with van der Waals surface area (Å²) in [6, 6.07) is 8.49. The van der Waals surface area contributed by atoms with Gasteiger partial charge in [0.25, 0.3) is 5.91 Å². The molecule has 28 heavy (non-hydrogen) atoms. The van der Waals surface area contributed by atoms with E-state index in [0.717, 1.165) is 22.8 Å². The summed E-state index contributed by atoms with van der Waals surface area (Å²) in [5.74, 6) is 1.88. The Kier molecular flexibility index (Phi) is 7.27. The first kappa shape index (κ1) is 21.4. The zero-order valence-corrected chi connectivity index (χ0v) is 18.5. The van der Waals surface area contributed by atoms with Crippen LogP contribution in [0.2, 0.25) is 5.02 Å². The summed E-state index contributed by atoms with van der Waals surface area (Å²) in [6.07, 6.45) is 0. The van der Waals surface area contributed by atoms with Crippen LogP contribution in [0.3, 0.4) is 0 Å². The van der Waals surface area contributed by atoms with E-state index in [1.165, 1.54) is 15.3 Å². The average molecular weight is 461 g/mol. The minimum absolute atomic E-state index is 0.0971. The zero-order valence-electron chi connectivity index (χ0n) is 15.3. The van der Waals surface area contributed by atoms with E-state index >= 15 is 0 Å². The lowest BCUT2D eigenvalue weighted by Crippen LogP contribution is -2.39. The molecule has 0 unspecified atom stereocenters. The van der Waals surface area contributed by atoms with Crippen LogP contribution in [0.15, 0.2) is 40.6 Å². The Labute approximate surface area is 178 Å². The van der Waals surface area contributed by atoms with Crippen molar-refractivity contribution in [1.29, 1.82) is 0 Å². The van der Waals surface area contributed by atoms with Gasteiger partial charge in [-0.1, -0.05) is 11.6 Å². The molecule has 1 aliphatic heterocycles. The molecule has 0 spiro atoms. The lowest BCUT2D eigenvalue weighted by Gasteiger charge is -2.26. The first-order chi connectivity index (χ1) is 13.4. The fraction of sp³-hybridized carbons (Fsp3) is 0.389. The average Bonchev–Trinajstić information content (AvgIpc) is 3.20. The number of rotatable bonds is 7. The molecule has 0 radical (unpaired) electrons. The van der Waals surface area contributed by atoms with Gasteiger partial charge in [-0.15, -0.1) is 11.3 Å². The Morgan fingerprint density at radius 1 is 1.21 bits per heavy atom. The van der Waals surface area contributed by atoms with Gasteiger partial charge in [0.1, 0.15) is 22.1 Å². The molecule has 0 saturated carbocycles. The number of halogens is 1. The molecular weight excluding hydrogens is 440 g/mol. The van der Waals surface area contributed by atoms with E-state index in [-0.39, 0.29) is 15.7 Å². The highest BCUT2D eigenvalue weighted by Gasteiger charge is 2.31. The van der Waals surface area contributed by atoms with E-state index in [9.17, 15) is 13.2 Å². The number of benzene rings is 1. The molecule has 2 aromatic rings. The number of sulfonamides is 1. The molecule has 2 heterocycles. The number of amides is 1. The monoisotopic (exact) mass is 460 g/mol. The predicted octanol–water partition coefficient (Wildman–Crippen LogP) is 3.29. The van der Waals surface area contributed by atoms with Crippen molar-refractivity contribution in [1.82, 2.24) is 9.21 Å².